The number of nitrogens with zero attached hydrogens (tertiary/aromatic N) is 1. The molecule has 6 heteroatoms. The summed E-state index contributed by atoms with van der Waals surface area (Å²) in [7, 11) is 0. The van der Waals surface area contributed by atoms with Gasteiger partial charge in [-0.2, -0.15) is 0 Å². The highest BCUT2D eigenvalue weighted by Gasteiger charge is 2.26. The smallest absolute Gasteiger partial charge is 0.322 e. The Kier molecular flexibility index (Phi) is 5.30. The van der Waals surface area contributed by atoms with Gasteiger partial charge in [-0.15, -0.1) is 0 Å². The number of hydrogen-bond donors (Lipinski definition) is 4. The van der Waals surface area contributed by atoms with E-state index in [1.54, 1.807) is 12.1 Å². The van der Waals surface area contributed by atoms with Gasteiger partial charge in [-0.25, -0.2) is 4.99 Å². The van der Waals surface area contributed by atoms with Crippen molar-refractivity contribution in [3.05, 3.63) is 23.3 Å². The Morgan fingerprint density at radius 3 is 1.91 bits per heavy atom. The van der Waals surface area contributed by atoms with Gasteiger partial charge < -0.3 is 21.3 Å². The molecule has 0 aliphatic heterocycles. The molecule has 0 atom stereocenters. The van der Waals surface area contributed by atoms with Gasteiger partial charge in [0.1, 0.15) is 12.3 Å². The SMILES string of the molecule is CC(C)(C)c1cc(N=C(N)NCC(=O)O)cc(C(C)(C)C)c1O. The molecule has 0 fully saturated rings. The van der Waals surface area contributed by atoms with Crippen LogP contribution in [0.1, 0.15) is 52.7 Å². The van der Waals surface area contributed by atoms with E-state index in [1.807, 2.05) is 41.5 Å². The van der Waals surface area contributed by atoms with Crippen molar-refractivity contribution in [2.75, 3.05) is 6.54 Å². The molecule has 23 heavy (non-hydrogen) atoms. The maximum Gasteiger partial charge on any atom is 0.322 e. The fourth-order valence-corrected chi connectivity index (χ4v) is 2.17. The fraction of sp³-hybridized carbons (Fsp3) is 0.529. The maximum atomic E-state index is 10.6. The Bertz CT molecular complexity index is 588. The monoisotopic (exact) mass is 321 g/mol. The van der Waals surface area contributed by atoms with Crippen molar-refractivity contribution >= 4 is 17.6 Å². The molecule has 0 unspecified atom stereocenters. The third-order valence-corrected chi connectivity index (χ3v) is 3.38. The number of nitrogens with two attached hydrogens (primary N) is 1. The van der Waals surface area contributed by atoms with E-state index in [0.717, 1.165) is 11.1 Å². The van der Waals surface area contributed by atoms with Gasteiger partial charge in [-0.1, -0.05) is 41.5 Å². The first-order valence-corrected chi connectivity index (χ1v) is 7.50. The van der Waals surface area contributed by atoms with Gasteiger partial charge in [-0.3, -0.25) is 4.79 Å². The van der Waals surface area contributed by atoms with E-state index in [9.17, 15) is 9.90 Å². The van der Waals surface area contributed by atoms with Crippen molar-refractivity contribution in [1.29, 1.82) is 0 Å². The first-order valence-electron chi connectivity index (χ1n) is 7.50. The van der Waals surface area contributed by atoms with Gasteiger partial charge in [0.2, 0.25) is 0 Å². The van der Waals surface area contributed by atoms with Crippen LogP contribution < -0.4 is 11.1 Å². The summed E-state index contributed by atoms with van der Waals surface area (Å²) in [6.07, 6.45) is 0. The van der Waals surface area contributed by atoms with Crippen LogP contribution in [0, 0.1) is 0 Å². The lowest BCUT2D eigenvalue weighted by Crippen LogP contribution is -2.35. The number of phenolic OH excluding ortho intramolecular Hbond substituents is 1. The largest absolute Gasteiger partial charge is 0.507 e. The Balaban J connectivity index is 3.39. The second-order valence-electron chi connectivity index (χ2n) is 7.63. The highest BCUT2D eigenvalue weighted by atomic mass is 16.4. The Labute approximate surface area is 137 Å². The minimum atomic E-state index is -1.01. The standard InChI is InChI=1S/C17H27N3O3/c1-16(2,3)11-7-10(20-15(18)19-9-13(21)22)8-12(14(11)23)17(4,5)6/h7-8,23H,9H2,1-6H3,(H,21,22)(H3,18,19,20). The molecule has 6 nitrogen and oxygen atoms in total. The Morgan fingerprint density at radius 1 is 1.13 bits per heavy atom. The number of rotatable bonds is 3. The molecule has 0 saturated carbocycles. The van der Waals surface area contributed by atoms with Crippen LogP contribution in [0.3, 0.4) is 0 Å². The normalized spacial score (nSPS) is 13.0. The molecule has 0 spiro atoms. The van der Waals surface area contributed by atoms with Crippen molar-refractivity contribution in [2.45, 2.75) is 52.4 Å². The number of benzene rings is 1. The molecule has 0 aliphatic carbocycles. The van der Waals surface area contributed by atoms with Crippen LogP contribution in [0.5, 0.6) is 5.75 Å². The zero-order valence-corrected chi connectivity index (χ0v) is 14.7. The average Bonchev–Trinajstić information content (AvgIpc) is 2.35. The minimum Gasteiger partial charge on any atom is -0.507 e. The van der Waals surface area contributed by atoms with Crippen molar-refractivity contribution in [3.63, 3.8) is 0 Å². The number of carboxylic acids is 1. The Morgan fingerprint density at radius 2 is 1.57 bits per heavy atom. The number of carboxylic acid groups (broad SMARTS) is 1. The molecule has 0 bridgehead atoms. The average molecular weight is 321 g/mol. The molecule has 0 radical (unpaired) electrons. The molecule has 0 aromatic heterocycles. The molecule has 128 valence electrons. The minimum absolute atomic E-state index is 0.0257. The van der Waals surface area contributed by atoms with Crippen molar-refractivity contribution < 1.29 is 15.0 Å². The van der Waals surface area contributed by atoms with Gasteiger partial charge in [0, 0.05) is 11.1 Å². The topological polar surface area (TPSA) is 108 Å². The molecule has 0 aliphatic rings. The van der Waals surface area contributed by atoms with E-state index in [4.69, 9.17) is 10.8 Å². The highest BCUT2D eigenvalue weighted by molar-refractivity contribution is 5.84. The van der Waals surface area contributed by atoms with Gasteiger partial charge in [-0.05, 0) is 23.0 Å². The van der Waals surface area contributed by atoms with Crippen LogP contribution >= 0.6 is 0 Å². The maximum absolute atomic E-state index is 10.6. The lowest BCUT2D eigenvalue weighted by Gasteiger charge is -2.27. The number of guanidine groups is 1. The summed E-state index contributed by atoms with van der Waals surface area (Å²) in [5, 5.41) is 21.8. The van der Waals surface area contributed by atoms with E-state index < -0.39 is 5.97 Å². The van der Waals surface area contributed by atoms with Gasteiger partial charge in [0.15, 0.2) is 5.96 Å². The van der Waals surface area contributed by atoms with Crippen molar-refractivity contribution in [3.8, 4) is 5.75 Å². The predicted molar refractivity (Wildman–Crippen MR) is 92.4 cm³/mol. The molecule has 1 rings (SSSR count). The summed E-state index contributed by atoms with van der Waals surface area (Å²) in [6.45, 7) is 11.7. The summed E-state index contributed by atoms with van der Waals surface area (Å²) in [5.41, 5.74) is 7.32. The summed E-state index contributed by atoms with van der Waals surface area (Å²) in [6, 6.07) is 3.56. The lowest BCUT2D eigenvalue weighted by molar-refractivity contribution is -0.135. The first kappa shape index (κ1) is 18.8. The van der Waals surface area contributed by atoms with E-state index in [-0.39, 0.29) is 29.1 Å². The van der Waals surface area contributed by atoms with Crippen LogP contribution in [-0.2, 0) is 15.6 Å². The number of carbonyl (C=O) groups is 1. The third kappa shape index (κ3) is 5.16. The molecule has 0 saturated heterocycles. The molecular weight excluding hydrogens is 294 g/mol. The molecule has 1 aromatic rings. The zero-order chi connectivity index (χ0) is 18.0. The molecular formula is C17H27N3O3. The summed E-state index contributed by atoms with van der Waals surface area (Å²) >= 11 is 0. The highest BCUT2D eigenvalue weighted by Crippen LogP contribution is 2.41. The number of hydrogen-bond acceptors (Lipinski definition) is 3. The van der Waals surface area contributed by atoms with E-state index >= 15 is 0 Å². The first-order chi connectivity index (χ1) is 10.3. The predicted octanol–water partition coefficient (Wildman–Crippen LogP) is 2.61. The van der Waals surface area contributed by atoms with E-state index in [1.165, 1.54) is 0 Å². The number of aromatic hydroxyl groups is 1. The second-order valence-corrected chi connectivity index (χ2v) is 7.63. The number of aliphatic imine (C=N–C) groups is 1. The number of phenols is 1. The van der Waals surface area contributed by atoms with Gasteiger partial charge >= 0.3 is 5.97 Å². The number of aliphatic carboxylic acids is 1. The van der Waals surface area contributed by atoms with Gasteiger partial charge in [0.25, 0.3) is 0 Å². The molecule has 1 aromatic carbocycles. The summed E-state index contributed by atoms with van der Waals surface area (Å²) < 4.78 is 0. The van der Waals surface area contributed by atoms with Crippen molar-refractivity contribution in [1.82, 2.24) is 5.32 Å². The zero-order valence-electron chi connectivity index (χ0n) is 14.7. The molecule has 0 heterocycles. The number of nitrogens with one attached hydrogen (secondary N) is 1. The molecule has 5 N–H and O–H groups in total. The second kappa shape index (κ2) is 6.48. The lowest BCUT2D eigenvalue weighted by atomic mass is 9.79. The van der Waals surface area contributed by atoms with E-state index in [0.29, 0.717) is 5.69 Å². The van der Waals surface area contributed by atoms with E-state index in [2.05, 4.69) is 10.3 Å². The van der Waals surface area contributed by atoms with Crippen LogP contribution in [0.25, 0.3) is 0 Å². The van der Waals surface area contributed by atoms with Gasteiger partial charge in [0.05, 0.1) is 5.69 Å². The summed E-state index contributed by atoms with van der Waals surface area (Å²) in [5.74, 6) is -0.724. The third-order valence-electron chi connectivity index (χ3n) is 3.38. The van der Waals surface area contributed by atoms with Crippen LogP contribution in [-0.4, -0.2) is 28.7 Å². The quantitative estimate of drug-likeness (QED) is 0.505. The van der Waals surface area contributed by atoms with Crippen LogP contribution in [0.2, 0.25) is 0 Å². The molecule has 0 amide bonds. The van der Waals surface area contributed by atoms with Crippen molar-refractivity contribution in [2.24, 2.45) is 10.7 Å². The fourth-order valence-electron chi connectivity index (χ4n) is 2.17. The van der Waals surface area contributed by atoms with Crippen LogP contribution in [0.15, 0.2) is 17.1 Å². The van der Waals surface area contributed by atoms with Crippen LogP contribution in [0.4, 0.5) is 5.69 Å². The Hall–Kier alpha value is -2.24. The summed E-state index contributed by atoms with van der Waals surface area (Å²) in [4.78, 5) is 14.8.